The summed E-state index contributed by atoms with van der Waals surface area (Å²) >= 11 is 14.1. The Morgan fingerprint density at radius 2 is 1.44 bits per heavy atom. The summed E-state index contributed by atoms with van der Waals surface area (Å²) in [5, 5.41) is 10.7. The van der Waals surface area contributed by atoms with Crippen LogP contribution in [0.2, 0.25) is 10.0 Å². The van der Waals surface area contributed by atoms with Crippen LogP contribution in [0.4, 0.5) is 5.69 Å². The molecule has 0 atom stereocenters. The Balaban J connectivity index is 1.39. The van der Waals surface area contributed by atoms with Crippen molar-refractivity contribution in [2.45, 2.75) is 24.4 Å². The Morgan fingerprint density at radius 1 is 0.824 bits per heavy atom. The first-order chi connectivity index (χ1) is 16.5. The number of amides is 2. The molecule has 1 aromatic heterocycles. The Morgan fingerprint density at radius 3 is 2.03 bits per heavy atom. The molecule has 170 valence electrons. The molecular formula is C25H18Cl2N4O2S. The number of carbonyl (C=O) groups excluding carboxylic acids is 2. The highest BCUT2D eigenvalue weighted by atomic mass is 35.5. The van der Waals surface area contributed by atoms with Gasteiger partial charge >= 0.3 is 0 Å². The van der Waals surface area contributed by atoms with Gasteiger partial charge in [0.05, 0.1) is 16.8 Å². The highest BCUT2D eigenvalue weighted by molar-refractivity contribution is 7.98. The molecule has 0 radical (unpaired) electrons. The zero-order chi connectivity index (χ0) is 23.8. The quantitative estimate of drug-likeness (QED) is 0.223. The summed E-state index contributed by atoms with van der Waals surface area (Å²) in [4.78, 5) is 26.7. The summed E-state index contributed by atoms with van der Waals surface area (Å²) in [5.74, 6) is 0.628. The molecule has 0 spiro atoms. The number of carbonyl (C=O) groups is 2. The van der Waals surface area contributed by atoms with Crippen molar-refractivity contribution in [2.24, 2.45) is 0 Å². The average molecular weight is 509 g/mol. The van der Waals surface area contributed by atoms with Crippen molar-refractivity contribution >= 4 is 52.5 Å². The number of thioether (sulfide) groups is 1. The fourth-order valence-corrected chi connectivity index (χ4v) is 5.63. The third kappa shape index (κ3) is 3.90. The van der Waals surface area contributed by atoms with Gasteiger partial charge < -0.3 is 4.57 Å². The van der Waals surface area contributed by atoms with E-state index in [4.69, 9.17) is 23.2 Å². The van der Waals surface area contributed by atoms with Gasteiger partial charge in [-0.15, -0.1) is 10.2 Å². The average Bonchev–Trinajstić information content (AvgIpc) is 3.37. The van der Waals surface area contributed by atoms with Crippen LogP contribution in [0.3, 0.4) is 0 Å². The second-order valence-corrected chi connectivity index (χ2v) is 9.33. The smallest absolute Gasteiger partial charge is 0.266 e. The summed E-state index contributed by atoms with van der Waals surface area (Å²) in [6.07, 6.45) is 0. The molecule has 4 aromatic rings. The van der Waals surface area contributed by atoms with Gasteiger partial charge in [-0.05, 0) is 61.0 Å². The molecule has 0 saturated carbocycles. The van der Waals surface area contributed by atoms with Gasteiger partial charge in [-0.25, -0.2) is 4.90 Å². The van der Waals surface area contributed by atoms with Crippen molar-refractivity contribution < 1.29 is 9.59 Å². The molecule has 0 N–H and O–H groups in total. The third-order valence-electron chi connectivity index (χ3n) is 5.62. The van der Waals surface area contributed by atoms with Gasteiger partial charge in [0.15, 0.2) is 11.0 Å². The molecule has 0 unspecified atom stereocenters. The second kappa shape index (κ2) is 9.25. The number of hydrogen-bond acceptors (Lipinski definition) is 5. The monoisotopic (exact) mass is 508 g/mol. The topological polar surface area (TPSA) is 68.1 Å². The van der Waals surface area contributed by atoms with Crippen molar-refractivity contribution in [3.8, 4) is 11.4 Å². The number of imide groups is 1. The lowest BCUT2D eigenvalue weighted by atomic mass is 10.1. The molecule has 1 aliphatic heterocycles. The highest BCUT2D eigenvalue weighted by Gasteiger charge is 2.36. The molecule has 0 fully saturated rings. The van der Waals surface area contributed by atoms with Crippen LogP contribution in [-0.2, 0) is 12.3 Å². The lowest BCUT2D eigenvalue weighted by Gasteiger charge is -2.14. The predicted octanol–water partition coefficient (Wildman–Crippen LogP) is 6.36. The van der Waals surface area contributed by atoms with E-state index >= 15 is 0 Å². The molecule has 3 aromatic carbocycles. The number of halogens is 2. The molecule has 0 aliphatic carbocycles. The van der Waals surface area contributed by atoms with E-state index in [-0.39, 0.29) is 11.8 Å². The second-order valence-electron chi connectivity index (χ2n) is 7.58. The normalized spacial score (nSPS) is 13.0. The van der Waals surface area contributed by atoms with E-state index in [1.54, 1.807) is 36.4 Å². The van der Waals surface area contributed by atoms with Crippen molar-refractivity contribution in [3.05, 3.63) is 93.5 Å². The Kier molecular flexibility index (Phi) is 6.16. The number of fused-ring (bicyclic) bond motifs is 1. The Labute approximate surface area is 210 Å². The van der Waals surface area contributed by atoms with Crippen LogP contribution < -0.4 is 4.90 Å². The minimum Gasteiger partial charge on any atom is -0.302 e. The molecule has 34 heavy (non-hydrogen) atoms. The van der Waals surface area contributed by atoms with E-state index in [1.807, 2.05) is 41.8 Å². The summed E-state index contributed by atoms with van der Waals surface area (Å²) in [6, 6.07) is 19.5. The van der Waals surface area contributed by atoms with Crippen LogP contribution in [0, 0.1) is 0 Å². The van der Waals surface area contributed by atoms with Crippen LogP contribution >= 0.6 is 35.0 Å². The lowest BCUT2D eigenvalue weighted by molar-refractivity contribution is 0.0926. The Bertz CT molecular complexity index is 1360. The van der Waals surface area contributed by atoms with Crippen LogP contribution in [0.15, 0.2) is 71.9 Å². The molecule has 6 nitrogen and oxygen atoms in total. The fraction of sp³-hybridized carbons (Fsp3) is 0.120. The number of anilines is 1. The molecule has 1 aliphatic rings. The van der Waals surface area contributed by atoms with Crippen molar-refractivity contribution in [3.63, 3.8) is 0 Å². The largest absolute Gasteiger partial charge is 0.302 e. The maximum atomic E-state index is 12.8. The maximum absolute atomic E-state index is 12.8. The molecule has 0 saturated heterocycles. The molecule has 0 bridgehead atoms. The van der Waals surface area contributed by atoms with E-state index in [0.717, 1.165) is 16.3 Å². The summed E-state index contributed by atoms with van der Waals surface area (Å²) in [7, 11) is 0. The van der Waals surface area contributed by atoms with Crippen LogP contribution in [-0.4, -0.2) is 26.6 Å². The number of nitrogens with zero attached hydrogens (tertiary/aromatic N) is 4. The molecule has 5 rings (SSSR count). The number of rotatable bonds is 6. The van der Waals surface area contributed by atoms with E-state index in [1.165, 1.54) is 16.7 Å². The lowest BCUT2D eigenvalue weighted by Crippen LogP contribution is -2.29. The van der Waals surface area contributed by atoms with Crippen molar-refractivity contribution in [1.29, 1.82) is 0 Å². The molecule has 2 heterocycles. The Hall–Kier alpha value is -3.13. The van der Waals surface area contributed by atoms with Gasteiger partial charge in [-0.3, -0.25) is 9.59 Å². The first-order valence-electron chi connectivity index (χ1n) is 10.6. The number of aromatic nitrogens is 3. The number of benzene rings is 3. The zero-order valence-corrected chi connectivity index (χ0v) is 20.4. The minimum atomic E-state index is -0.318. The third-order valence-corrected chi connectivity index (χ3v) is 7.32. The summed E-state index contributed by atoms with van der Waals surface area (Å²) in [5.41, 5.74) is 3.04. The standard InChI is InChI=1S/C25H18Cl2N4O2S/c1-2-30-22(28-29-25(30)34-14-19-20(26)8-5-9-21(19)27)15-10-12-16(13-11-15)31-23(32)17-6-3-4-7-18(17)24(31)33/h3-13H,2,14H2,1H3. The fourth-order valence-electron chi connectivity index (χ4n) is 3.88. The van der Waals surface area contributed by atoms with Gasteiger partial charge in [0, 0.05) is 27.9 Å². The molecular weight excluding hydrogens is 491 g/mol. The first kappa shape index (κ1) is 22.7. The van der Waals surface area contributed by atoms with Crippen LogP contribution in [0.1, 0.15) is 33.2 Å². The highest BCUT2D eigenvalue weighted by Crippen LogP contribution is 2.33. The summed E-state index contributed by atoms with van der Waals surface area (Å²) in [6.45, 7) is 2.69. The van der Waals surface area contributed by atoms with Crippen LogP contribution in [0.5, 0.6) is 0 Å². The van der Waals surface area contributed by atoms with Crippen molar-refractivity contribution in [1.82, 2.24) is 14.8 Å². The van der Waals surface area contributed by atoms with Gasteiger partial charge in [-0.1, -0.05) is 53.2 Å². The number of hydrogen-bond donors (Lipinski definition) is 0. The maximum Gasteiger partial charge on any atom is 0.266 e. The first-order valence-corrected chi connectivity index (χ1v) is 12.3. The van der Waals surface area contributed by atoms with Gasteiger partial charge in [0.25, 0.3) is 11.8 Å². The minimum absolute atomic E-state index is 0.318. The zero-order valence-electron chi connectivity index (χ0n) is 18.0. The van der Waals surface area contributed by atoms with E-state index in [2.05, 4.69) is 10.2 Å². The molecule has 9 heteroatoms. The van der Waals surface area contributed by atoms with Gasteiger partial charge in [0.2, 0.25) is 0 Å². The van der Waals surface area contributed by atoms with E-state index in [0.29, 0.717) is 45.0 Å². The predicted molar refractivity (Wildman–Crippen MR) is 135 cm³/mol. The van der Waals surface area contributed by atoms with E-state index < -0.39 is 0 Å². The summed E-state index contributed by atoms with van der Waals surface area (Å²) < 4.78 is 2.01. The van der Waals surface area contributed by atoms with Gasteiger partial charge in [-0.2, -0.15) is 0 Å². The molecule has 2 amide bonds. The van der Waals surface area contributed by atoms with Crippen molar-refractivity contribution in [2.75, 3.05) is 4.90 Å². The SMILES string of the molecule is CCn1c(SCc2c(Cl)cccc2Cl)nnc1-c1ccc(N2C(=O)c3ccccc3C2=O)cc1. The van der Waals surface area contributed by atoms with Crippen LogP contribution in [0.25, 0.3) is 11.4 Å². The van der Waals surface area contributed by atoms with E-state index in [9.17, 15) is 9.59 Å². The van der Waals surface area contributed by atoms with Gasteiger partial charge in [0.1, 0.15) is 0 Å².